The van der Waals surface area contributed by atoms with E-state index in [1.54, 1.807) is 6.20 Å². The van der Waals surface area contributed by atoms with Gasteiger partial charge in [0.15, 0.2) is 0 Å². The molecule has 3 nitrogen and oxygen atoms in total. The van der Waals surface area contributed by atoms with Gasteiger partial charge in [-0.25, -0.2) is 4.98 Å². The molecule has 0 spiro atoms. The van der Waals surface area contributed by atoms with Gasteiger partial charge in [-0.1, -0.05) is 15.9 Å². The Balaban J connectivity index is 2.14. The van der Waals surface area contributed by atoms with E-state index in [-0.39, 0.29) is 6.10 Å². The molecule has 1 N–H and O–H groups in total. The maximum Gasteiger partial charge on any atom is 0.129 e. The third kappa shape index (κ3) is 2.25. The Morgan fingerprint density at radius 3 is 3.14 bits per heavy atom. The Morgan fingerprint density at radius 2 is 2.43 bits per heavy atom. The molecule has 1 aliphatic rings. The standard InChI is InChI=1S/C10H13BrN2O/c11-8-3-4-12-10(6-8)13-5-1-2-9(14)7-13/h3-4,6,9,14H,1-2,5,7H2. The summed E-state index contributed by atoms with van der Waals surface area (Å²) in [5, 5.41) is 9.53. The Morgan fingerprint density at radius 1 is 1.57 bits per heavy atom. The summed E-state index contributed by atoms with van der Waals surface area (Å²) in [4.78, 5) is 6.41. The molecular weight excluding hydrogens is 244 g/mol. The van der Waals surface area contributed by atoms with E-state index < -0.39 is 0 Å². The molecule has 1 aliphatic heterocycles. The maximum absolute atomic E-state index is 9.53. The molecule has 1 aromatic heterocycles. The first-order chi connectivity index (χ1) is 6.75. The largest absolute Gasteiger partial charge is 0.391 e. The van der Waals surface area contributed by atoms with Crippen molar-refractivity contribution in [3.8, 4) is 0 Å². The Kier molecular flexibility index (Phi) is 3.03. The van der Waals surface area contributed by atoms with Gasteiger partial charge in [0.2, 0.25) is 0 Å². The molecule has 76 valence electrons. The number of aliphatic hydroxyl groups is 1. The molecule has 1 aromatic rings. The highest BCUT2D eigenvalue weighted by molar-refractivity contribution is 9.10. The molecule has 0 amide bonds. The number of rotatable bonds is 1. The molecule has 2 rings (SSSR count). The minimum Gasteiger partial charge on any atom is -0.391 e. The molecule has 1 atom stereocenters. The first-order valence-corrected chi connectivity index (χ1v) is 5.59. The van der Waals surface area contributed by atoms with E-state index in [1.165, 1.54) is 0 Å². The van der Waals surface area contributed by atoms with E-state index in [0.29, 0.717) is 6.54 Å². The lowest BCUT2D eigenvalue weighted by molar-refractivity contribution is 0.154. The summed E-state index contributed by atoms with van der Waals surface area (Å²) < 4.78 is 1.03. The number of halogens is 1. The van der Waals surface area contributed by atoms with E-state index in [0.717, 1.165) is 29.7 Å². The van der Waals surface area contributed by atoms with Crippen LogP contribution < -0.4 is 4.90 Å². The van der Waals surface area contributed by atoms with Crippen molar-refractivity contribution < 1.29 is 5.11 Å². The second kappa shape index (κ2) is 4.28. The fraction of sp³-hybridized carbons (Fsp3) is 0.500. The molecule has 14 heavy (non-hydrogen) atoms. The fourth-order valence-corrected chi connectivity index (χ4v) is 2.05. The van der Waals surface area contributed by atoms with Crippen LogP contribution in [0.5, 0.6) is 0 Å². The van der Waals surface area contributed by atoms with Gasteiger partial charge in [0.05, 0.1) is 6.10 Å². The molecule has 4 heteroatoms. The highest BCUT2D eigenvalue weighted by atomic mass is 79.9. The van der Waals surface area contributed by atoms with Crippen LogP contribution in [0.4, 0.5) is 5.82 Å². The molecule has 1 unspecified atom stereocenters. The summed E-state index contributed by atoms with van der Waals surface area (Å²) in [7, 11) is 0. The molecule has 1 fully saturated rings. The summed E-state index contributed by atoms with van der Waals surface area (Å²) in [5.41, 5.74) is 0. The highest BCUT2D eigenvalue weighted by Crippen LogP contribution is 2.20. The van der Waals surface area contributed by atoms with Crippen molar-refractivity contribution in [3.63, 3.8) is 0 Å². The monoisotopic (exact) mass is 256 g/mol. The second-order valence-corrected chi connectivity index (χ2v) is 4.49. The van der Waals surface area contributed by atoms with Crippen molar-refractivity contribution in [1.29, 1.82) is 0 Å². The summed E-state index contributed by atoms with van der Waals surface area (Å²) >= 11 is 3.41. The Hall–Kier alpha value is -0.610. The Labute approximate surface area is 91.9 Å². The number of aromatic nitrogens is 1. The zero-order valence-corrected chi connectivity index (χ0v) is 9.44. The molecule has 0 bridgehead atoms. The number of anilines is 1. The van der Waals surface area contributed by atoms with Crippen LogP contribution in [0.25, 0.3) is 0 Å². The summed E-state index contributed by atoms with van der Waals surface area (Å²) in [6.45, 7) is 1.68. The zero-order chi connectivity index (χ0) is 9.97. The molecule has 0 saturated carbocycles. The average Bonchev–Trinajstić information content (AvgIpc) is 2.18. The van der Waals surface area contributed by atoms with Gasteiger partial charge in [0.1, 0.15) is 5.82 Å². The molecular formula is C10H13BrN2O. The van der Waals surface area contributed by atoms with Gasteiger partial charge < -0.3 is 10.0 Å². The van der Waals surface area contributed by atoms with Gasteiger partial charge in [0.25, 0.3) is 0 Å². The molecule has 0 aliphatic carbocycles. The van der Waals surface area contributed by atoms with Crippen LogP contribution in [0.15, 0.2) is 22.8 Å². The lowest BCUT2D eigenvalue weighted by Gasteiger charge is -2.30. The first kappa shape index (κ1) is 9.93. The number of nitrogens with zero attached hydrogens (tertiary/aromatic N) is 2. The predicted molar refractivity (Wildman–Crippen MR) is 59.4 cm³/mol. The molecule has 2 heterocycles. The number of hydrogen-bond acceptors (Lipinski definition) is 3. The quantitative estimate of drug-likeness (QED) is 0.833. The highest BCUT2D eigenvalue weighted by Gasteiger charge is 2.18. The lowest BCUT2D eigenvalue weighted by atomic mass is 10.1. The van der Waals surface area contributed by atoms with Crippen molar-refractivity contribution >= 4 is 21.7 Å². The molecule has 1 saturated heterocycles. The van der Waals surface area contributed by atoms with Crippen LogP contribution in [-0.4, -0.2) is 29.3 Å². The van der Waals surface area contributed by atoms with Gasteiger partial charge >= 0.3 is 0 Å². The first-order valence-electron chi connectivity index (χ1n) is 4.80. The topological polar surface area (TPSA) is 36.4 Å². The van der Waals surface area contributed by atoms with Gasteiger partial charge in [-0.15, -0.1) is 0 Å². The van der Waals surface area contributed by atoms with Crippen molar-refractivity contribution in [2.75, 3.05) is 18.0 Å². The van der Waals surface area contributed by atoms with Crippen molar-refractivity contribution in [1.82, 2.24) is 4.98 Å². The fourth-order valence-electron chi connectivity index (χ4n) is 1.73. The van der Waals surface area contributed by atoms with E-state index in [4.69, 9.17) is 0 Å². The van der Waals surface area contributed by atoms with Crippen LogP contribution in [0.1, 0.15) is 12.8 Å². The Bertz CT molecular complexity index is 319. The van der Waals surface area contributed by atoms with Crippen LogP contribution in [-0.2, 0) is 0 Å². The zero-order valence-electron chi connectivity index (χ0n) is 7.86. The van der Waals surface area contributed by atoms with Crippen LogP contribution in [0.3, 0.4) is 0 Å². The summed E-state index contributed by atoms with van der Waals surface area (Å²) in [6, 6.07) is 3.89. The number of pyridine rings is 1. The summed E-state index contributed by atoms with van der Waals surface area (Å²) in [6.07, 6.45) is 3.52. The number of piperidine rings is 1. The van der Waals surface area contributed by atoms with E-state index in [9.17, 15) is 5.11 Å². The third-order valence-electron chi connectivity index (χ3n) is 2.43. The van der Waals surface area contributed by atoms with Crippen LogP contribution >= 0.6 is 15.9 Å². The maximum atomic E-state index is 9.53. The molecule has 0 radical (unpaired) electrons. The van der Waals surface area contributed by atoms with Gasteiger partial charge in [-0.05, 0) is 25.0 Å². The number of hydrogen-bond donors (Lipinski definition) is 1. The van der Waals surface area contributed by atoms with Crippen LogP contribution in [0.2, 0.25) is 0 Å². The van der Waals surface area contributed by atoms with Gasteiger partial charge in [0, 0.05) is 23.8 Å². The van der Waals surface area contributed by atoms with Crippen LogP contribution in [0, 0.1) is 0 Å². The third-order valence-corrected chi connectivity index (χ3v) is 2.92. The van der Waals surface area contributed by atoms with Crippen molar-refractivity contribution in [3.05, 3.63) is 22.8 Å². The minimum absolute atomic E-state index is 0.204. The van der Waals surface area contributed by atoms with Gasteiger partial charge in [-0.2, -0.15) is 0 Å². The van der Waals surface area contributed by atoms with Crippen molar-refractivity contribution in [2.24, 2.45) is 0 Å². The van der Waals surface area contributed by atoms with Gasteiger partial charge in [-0.3, -0.25) is 0 Å². The van der Waals surface area contributed by atoms with E-state index >= 15 is 0 Å². The number of β-amino-alcohol motifs (C(OH)–C–C–N with tert-alkyl or cyclic N) is 1. The lowest BCUT2D eigenvalue weighted by Crippen LogP contribution is -2.38. The second-order valence-electron chi connectivity index (χ2n) is 3.57. The van der Waals surface area contributed by atoms with Crippen molar-refractivity contribution in [2.45, 2.75) is 18.9 Å². The smallest absolute Gasteiger partial charge is 0.129 e. The van der Waals surface area contributed by atoms with E-state index in [2.05, 4.69) is 25.8 Å². The normalized spacial score (nSPS) is 22.4. The number of aliphatic hydroxyl groups excluding tert-OH is 1. The minimum atomic E-state index is -0.204. The van der Waals surface area contributed by atoms with E-state index in [1.807, 2.05) is 12.1 Å². The summed E-state index contributed by atoms with van der Waals surface area (Å²) in [5.74, 6) is 0.943. The SMILES string of the molecule is OC1CCCN(c2cc(Br)ccn2)C1. The molecule has 0 aromatic carbocycles. The predicted octanol–water partition coefficient (Wildman–Crippen LogP) is 1.81. The average molecular weight is 257 g/mol.